The number of carbonyl (C=O) groups is 1. The summed E-state index contributed by atoms with van der Waals surface area (Å²) in [7, 11) is 0. The molecule has 0 bridgehead atoms. The highest BCUT2D eigenvalue weighted by molar-refractivity contribution is 5.80. The molecule has 0 saturated carbocycles. The van der Waals surface area contributed by atoms with E-state index < -0.39 is 5.41 Å². The highest BCUT2D eigenvalue weighted by Crippen LogP contribution is 2.27. The van der Waals surface area contributed by atoms with Crippen molar-refractivity contribution in [3.8, 4) is 5.75 Å². The molecule has 0 atom stereocenters. The smallest absolute Gasteiger partial charge is 0.226 e. The van der Waals surface area contributed by atoms with Crippen LogP contribution in [0.2, 0.25) is 0 Å². The van der Waals surface area contributed by atoms with Gasteiger partial charge in [0.25, 0.3) is 0 Å². The summed E-state index contributed by atoms with van der Waals surface area (Å²) in [5.41, 5.74) is 7.48. The molecule has 1 aromatic carbocycles. The van der Waals surface area contributed by atoms with Crippen LogP contribution in [-0.2, 0) is 17.6 Å². The summed E-state index contributed by atoms with van der Waals surface area (Å²) in [6.07, 6.45) is 3.53. The van der Waals surface area contributed by atoms with Crippen molar-refractivity contribution in [3.05, 3.63) is 29.3 Å². The number of fused-ring (bicyclic) bond motifs is 1. The Bertz CT molecular complexity index is 438. The summed E-state index contributed by atoms with van der Waals surface area (Å²) >= 11 is 0. The van der Waals surface area contributed by atoms with E-state index in [1.807, 2.05) is 6.07 Å². The zero-order chi connectivity index (χ0) is 12.5. The summed E-state index contributed by atoms with van der Waals surface area (Å²) in [5, 5.41) is 0. The van der Waals surface area contributed by atoms with Crippen molar-refractivity contribution in [1.29, 1.82) is 0 Å². The minimum atomic E-state index is -0.626. The number of hydrogen-bond donors (Lipinski definition) is 1. The molecule has 0 fully saturated rings. The van der Waals surface area contributed by atoms with Crippen LogP contribution in [0.25, 0.3) is 0 Å². The first-order valence-electron chi connectivity index (χ1n) is 6.03. The molecule has 1 amide bonds. The molecule has 0 radical (unpaired) electrons. The van der Waals surface area contributed by atoms with E-state index in [9.17, 15) is 4.79 Å². The quantitative estimate of drug-likeness (QED) is 0.865. The topological polar surface area (TPSA) is 52.3 Å². The van der Waals surface area contributed by atoms with Crippen molar-refractivity contribution in [3.63, 3.8) is 0 Å². The van der Waals surface area contributed by atoms with Crippen LogP contribution >= 0.6 is 0 Å². The van der Waals surface area contributed by atoms with E-state index in [0.717, 1.165) is 12.2 Å². The molecule has 1 aliphatic carbocycles. The Kier molecular flexibility index (Phi) is 3.09. The summed E-state index contributed by atoms with van der Waals surface area (Å²) in [6.45, 7) is 3.91. The van der Waals surface area contributed by atoms with Crippen LogP contribution in [0.15, 0.2) is 18.2 Å². The second-order valence-electron chi connectivity index (χ2n) is 5.32. The van der Waals surface area contributed by atoms with Gasteiger partial charge in [0.15, 0.2) is 0 Å². The monoisotopic (exact) mass is 233 g/mol. The number of hydrogen-bond acceptors (Lipinski definition) is 2. The lowest BCUT2D eigenvalue weighted by atomic mass is 9.94. The molecular weight excluding hydrogens is 214 g/mol. The summed E-state index contributed by atoms with van der Waals surface area (Å²) in [6, 6.07) is 6.18. The Morgan fingerprint density at radius 3 is 2.76 bits per heavy atom. The number of benzene rings is 1. The van der Waals surface area contributed by atoms with Gasteiger partial charge in [0.1, 0.15) is 12.4 Å². The van der Waals surface area contributed by atoms with Gasteiger partial charge in [-0.3, -0.25) is 4.79 Å². The van der Waals surface area contributed by atoms with Gasteiger partial charge in [-0.05, 0) is 56.4 Å². The fourth-order valence-corrected chi connectivity index (χ4v) is 1.97. The molecule has 3 nitrogen and oxygen atoms in total. The Labute approximate surface area is 102 Å². The fourth-order valence-electron chi connectivity index (χ4n) is 1.97. The molecule has 0 aliphatic heterocycles. The van der Waals surface area contributed by atoms with E-state index in [-0.39, 0.29) is 5.91 Å². The number of ether oxygens (including phenoxy) is 1. The first kappa shape index (κ1) is 12.0. The van der Waals surface area contributed by atoms with Crippen molar-refractivity contribution in [2.45, 2.75) is 33.1 Å². The second-order valence-corrected chi connectivity index (χ2v) is 5.32. The van der Waals surface area contributed by atoms with E-state index >= 15 is 0 Å². The van der Waals surface area contributed by atoms with Crippen LogP contribution in [0, 0.1) is 5.41 Å². The van der Waals surface area contributed by atoms with E-state index in [1.165, 1.54) is 24.0 Å². The van der Waals surface area contributed by atoms with Crippen molar-refractivity contribution in [1.82, 2.24) is 0 Å². The standard InChI is InChI=1S/C14H19NO2/c1-14(2,13(15)16)9-17-12-7-6-10-4-3-5-11(10)8-12/h6-8H,3-5,9H2,1-2H3,(H2,15,16). The van der Waals surface area contributed by atoms with Crippen molar-refractivity contribution >= 4 is 5.91 Å². The fraction of sp³-hybridized carbons (Fsp3) is 0.500. The third kappa shape index (κ3) is 2.60. The molecule has 2 N–H and O–H groups in total. The minimum absolute atomic E-state index is 0.321. The predicted molar refractivity (Wildman–Crippen MR) is 66.9 cm³/mol. The SMILES string of the molecule is CC(C)(COc1ccc2c(c1)CCC2)C(N)=O. The van der Waals surface area contributed by atoms with Crippen LogP contribution in [0.1, 0.15) is 31.4 Å². The molecule has 1 aromatic rings. The van der Waals surface area contributed by atoms with Gasteiger partial charge < -0.3 is 10.5 Å². The summed E-state index contributed by atoms with van der Waals surface area (Å²) in [4.78, 5) is 11.2. The van der Waals surface area contributed by atoms with E-state index in [0.29, 0.717) is 6.61 Å². The van der Waals surface area contributed by atoms with E-state index in [2.05, 4.69) is 12.1 Å². The Morgan fingerprint density at radius 1 is 1.35 bits per heavy atom. The number of aryl methyl sites for hydroxylation is 2. The van der Waals surface area contributed by atoms with Gasteiger partial charge in [-0.2, -0.15) is 0 Å². The van der Waals surface area contributed by atoms with Crippen LogP contribution in [0.4, 0.5) is 0 Å². The predicted octanol–water partition coefficient (Wildman–Crippen LogP) is 2.07. The summed E-state index contributed by atoms with van der Waals surface area (Å²) in [5.74, 6) is 0.499. The molecule has 0 heterocycles. The maximum Gasteiger partial charge on any atom is 0.226 e. The zero-order valence-electron chi connectivity index (χ0n) is 10.5. The van der Waals surface area contributed by atoms with Gasteiger partial charge in [-0.25, -0.2) is 0 Å². The number of rotatable bonds is 4. The molecule has 0 saturated heterocycles. The lowest BCUT2D eigenvalue weighted by Gasteiger charge is -2.20. The van der Waals surface area contributed by atoms with Gasteiger partial charge >= 0.3 is 0 Å². The average Bonchev–Trinajstić information content (AvgIpc) is 2.73. The molecule has 2 rings (SSSR count). The van der Waals surface area contributed by atoms with Gasteiger partial charge in [0.2, 0.25) is 5.91 Å². The van der Waals surface area contributed by atoms with Crippen LogP contribution < -0.4 is 10.5 Å². The van der Waals surface area contributed by atoms with Crippen LogP contribution in [-0.4, -0.2) is 12.5 Å². The lowest BCUT2D eigenvalue weighted by Crippen LogP contribution is -2.36. The van der Waals surface area contributed by atoms with Gasteiger partial charge in [-0.1, -0.05) is 6.07 Å². The highest BCUT2D eigenvalue weighted by atomic mass is 16.5. The molecule has 3 heteroatoms. The van der Waals surface area contributed by atoms with Crippen molar-refractivity contribution in [2.75, 3.05) is 6.61 Å². The third-order valence-corrected chi connectivity index (χ3v) is 3.34. The van der Waals surface area contributed by atoms with Gasteiger partial charge in [0, 0.05) is 0 Å². The lowest BCUT2D eigenvalue weighted by molar-refractivity contribution is -0.127. The number of nitrogens with two attached hydrogens (primary N) is 1. The first-order chi connectivity index (χ1) is 7.99. The number of amides is 1. The van der Waals surface area contributed by atoms with Gasteiger partial charge in [0.05, 0.1) is 5.41 Å². The Morgan fingerprint density at radius 2 is 2.06 bits per heavy atom. The van der Waals surface area contributed by atoms with Crippen molar-refractivity contribution in [2.24, 2.45) is 11.1 Å². The van der Waals surface area contributed by atoms with Crippen LogP contribution in [0.5, 0.6) is 5.75 Å². The minimum Gasteiger partial charge on any atom is -0.492 e. The highest BCUT2D eigenvalue weighted by Gasteiger charge is 2.26. The molecule has 0 aromatic heterocycles. The van der Waals surface area contributed by atoms with Gasteiger partial charge in [-0.15, -0.1) is 0 Å². The largest absolute Gasteiger partial charge is 0.492 e. The molecule has 92 valence electrons. The maximum absolute atomic E-state index is 11.2. The van der Waals surface area contributed by atoms with E-state index in [4.69, 9.17) is 10.5 Å². The summed E-state index contributed by atoms with van der Waals surface area (Å²) < 4.78 is 5.66. The molecule has 1 aliphatic rings. The molecule has 17 heavy (non-hydrogen) atoms. The molecule has 0 unspecified atom stereocenters. The number of primary amides is 1. The van der Waals surface area contributed by atoms with Crippen molar-refractivity contribution < 1.29 is 9.53 Å². The normalized spacial score (nSPS) is 14.5. The van der Waals surface area contributed by atoms with Crippen LogP contribution in [0.3, 0.4) is 0 Å². The Balaban J connectivity index is 2.03. The average molecular weight is 233 g/mol. The Hall–Kier alpha value is -1.51. The molecular formula is C14H19NO2. The van der Waals surface area contributed by atoms with E-state index in [1.54, 1.807) is 13.8 Å². The zero-order valence-corrected chi connectivity index (χ0v) is 10.5. The first-order valence-corrected chi connectivity index (χ1v) is 6.03. The number of carbonyl (C=O) groups excluding carboxylic acids is 1. The third-order valence-electron chi connectivity index (χ3n) is 3.34. The molecule has 0 spiro atoms. The second kappa shape index (κ2) is 4.40. The maximum atomic E-state index is 11.2.